The lowest BCUT2D eigenvalue weighted by Crippen LogP contribution is -2.18. The molecule has 0 aliphatic carbocycles. The minimum absolute atomic E-state index is 0.466. The van der Waals surface area contributed by atoms with E-state index in [9.17, 15) is 0 Å². The number of rotatable bonds is 1. The van der Waals surface area contributed by atoms with Gasteiger partial charge in [0, 0.05) is 17.1 Å². The molecule has 0 spiro atoms. The van der Waals surface area contributed by atoms with Crippen LogP contribution in [-0.2, 0) is 5.75 Å². The standard InChI is InChI=1S/C16H15N3S2/c1-11-6-8-13(9-7-11)17-15(20)19-16-18-14-5-3-2-4-12(14)10-21-16/h2-9H,10H2,1H3,(H2,17,18,19,20). The van der Waals surface area contributed by atoms with Crippen molar-refractivity contribution in [3.05, 3.63) is 59.7 Å². The van der Waals surface area contributed by atoms with E-state index in [1.54, 1.807) is 11.8 Å². The molecule has 3 rings (SSSR count). The highest BCUT2D eigenvalue weighted by Gasteiger charge is 2.13. The predicted molar refractivity (Wildman–Crippen MR) is 96.2 cm³/mol. The van der Waals surface area contributed by atoms with E-state index < -0.39 is 0 Å². The molecule has 2 N–H and O–H groups in total. The van der Waals surface area contributed by atoms with E-state index in [2.05, 4.69) is 34.7 Å². The number of aryl methyl sites for hydroxylation is 1. The van der Waals surface area contributed by atoms with E-state index in [1.165, 1.54) is 11.1 Å². The second kappa shape index (κ2) is 6.28. The molecule has 0 radical (unpaired) electrons. The molecule has 0 atom stereocenters. The third-order valence-corrected chi connectivity index (χ3v) is 4.24. The number of hydrogen-bond donors (Lipinski definition) is 2. The van der Waals surface area contributed by atoms with Gasteiger partial charge in [-0.15, -0.1) is 0 Å². The number of fused-ring (bicyclic) bond motifs is 1. The van der Waals surface area contributed by atoms with Crippen molar-refractivity contribution in [3.63, 3.8) is 0 Å². The molecule has 21 heavy (non-hydrogen) atoms. The van der Waals surface area contributed by atoms with Gasteiger partial charge in [0.15, 0.2) is 10.3 Å². The molecule has 2 aromatic rings. The highest BCUT2D eigenvalue weighted by Crippen LogP contribution is 2.28. The molecule has 0 saturated carbocycles. The summed E-state index contributed by atoms with van der Waals surface area (Å²) < 4.78 is 0. The topological polar surface area (TPSA) is 36.4 Å². The first-order valence-electron chi connectivity index (χ1n) is 6.65. The summed E-state index contributed by atoms with van der Waals surface area (Å²) in [6.07, 6.45) is 0. The maximum Gasteiger partial charge on any atom is 0.199 e. The lowest BCUT2D eigenvalue weighted by Gasteiger charge is -2.19. The second-order valence-electron chi connectivity index (χ2n) is 4.78. The van der Waals surface area contributed by atoms with E-state index >= 15 is 0 Å². The fourth-order valence-electron chi connectivity index (χ4n) is 2.01. The Morgan fingerprint density at radius 3 is 2.76 bits per heavy atom. The van der Waals surface area contributed by atoms with E-state index in [-0.39, 0.29) is 0 Å². The SMILES string of the molecule is Cc1ccc(NC(=S)/N=C2\Nc3ccccc3CS2)cc1. The highest BCUT2D eigenvalue weighted by molar-refractivity contribution is 8.13. The van der Waals surface area contributed by atoms with Crippen LogP contribution >= 0.6 is 24.0 Å². The molecule has 0 aromatic heterocycles. The van der Waals surface area contributed by atoms with Crippen molar-refractivity contribution in [1.29, 1.82) is 0 Å². The zero-order chi connectivity index (χ0) is 14.7. The second-order valence-corrected chi connectivity index (χ2v) is 6.13. The molecule has 1 aliphatic rings. The van der Waals surface area contributed by atoms with Gasteiger partial charge < -0.3 is 10.6 Å². The molecule has 2 aromatic carbocycles. The Kier molecular flexibility index (Phi) is 4.22. The largest absolute Gasteiger partial charge is 0.334 e. The number of thiocarbonyl (C=S) groups is 1. The quantitative estimate of drug-likeness (QED) is 0.765. The third kappa shape index (κ3) is 3.62. The van der Waals surface area contributed by atoms with Crippen LogP contribution in [0.1, 0.15) is 11.1 Å². The Labute approximate surface area is 133 Å². The predicted octanol–water partition coefficient (Wildman–Crippen LogP) is 4.41. The number of amidine groups is 1. The summed E-state index contributed by atoms with van der Waals surface area (Å²) in [6.45, 7) is 2.06. The van der Waals surface area contributed by atoms with Crippen LogP contribution < -0.4 is 10.6 Å². The van der Waals surface area contributed by atoms with Crippen LogP contribution in [-0.4, -0.2) is 10.3 Å². The van der Waals surface area contributed by atoms with Gasteiger partial charge in [-0.25, -0.2) is 0 Å². The average molecular weight is 313 g/mol. The summed E-state index contributed by atoms with van der Waals surface area (Å²) in [5.41, 5.74) is 4.57. The normalized spacial score (nSPS) is 15.2. The molecular formula is C16H15N3S2. The molecule has 1 heterocycles. The van der Waals surface area contributed by atoms with Crippen LogP contribution in [0.3, 0.4) is 0 Å². The number of nitrogens with one attached hydrogen (secondary N) is 2. The number of benzene rings is 2. The third-order valence-electron chi connectivity index (χ3n) is 3.13. The summed E-state index contributed by atoms with van der Waals surface area (Å²) in [5, 5.41) is 7.74. The van der Waals surface area contributed by atoms with Gasteiger partial charge in [-0.05, 0) is 42.9 Å². The zero-order valence-corrected chi connectivity index (χ0v) is 13.2. The number of thioether (sulfide) groups is 1. The molecular weight excluding hydrogens is 298 g/mol. The Morgan fingerprint density at radius 1 is 1.19 bits per heavy atom. The van der Waals surface area contributed by atoms with Crippen molar-refractivity contribution >= 4 is 45.6 Å². The van der Waals surface area contributed by atoms with Gasteiger partial charge in [-0.1, -0.05) is 47.7 Å². The molecule has 1 aliphatic heterocycles. The van der Waals surface area contributed by atoms with E-state index in [1.807, 2.05) is 36.4 Å². The first-order chi connectivity index (χ1) is 10.2. The molecule has 0 unspecified atom stereocenters. The van der Waals surface area contributed by atoms with Crippen molar-refractivity contribution < 1.29 is 0 Å². The van der Waals surface area contributed by atoms with Crippen LogP contribution in [0.4, 0.5) is 11.4 Å². The first kappa shape index (κ1) is 14.1. The molecule has 3 nitrogen and oxygen atoms in total. The number of para-hydroxylation sites is 1. The van der Waals surface area contributed by atoms with Crippen LogP contribution in [0.25, 0.3) is 0 Å². The van der Waals surface area contributed by atoms with Gasteiger partial charge in [0.05, 0.1) is 0 Å². The molecule has 5 heteroatoms. The maximum absolute atomic E-state index is 5.30. The summed E-state index contributed by atoms with van der Waals surface area (Å²) in [4.78, 5) is 4.44. The summed E-state index contributed by atoms with van der Waals surface area (Å²) in [7, 11) is 0. The van der Waals surface area contributed by atoms with Gasteiger partial charge in [0.25, 0.3) is 0 Å². The first-order valence-corrected chi connectivity index (χ1v) is 8.04. The molecule has 106 valence electrons. The number of nitrogens with zero attached hydrogens (tertiary/aromatic N) is 1. The van der Waals surface area contributed by atoms with Gasteiger partial charge in [0.1, 0.15) is 0 Å². The lowest BCUT2D eigenvalue weighted by molar-refractivity contribution is 1.39. The minimum Gasteiger partial charge on any atom is -0.334 e. The van der Waals surface area contributed by atoms with Gasteiger partial charge in [-0.2, -0.15) is 4.99 Å². The van der Waals surface area contributed by atoms with Crippen molar-refractivity contribution in [2.45, 2.75) is 12.7 Å². The van der Waals surface area contributed by atoms with Crippen molar-refractivity contribution in [2.75, 3.05) is 10.6 Å². The van der Waals surface area contributed by atoms with Crippen LogP contribution in [0.2, 0.25) is 0 Å². The number of anilines is 2. The van der Waals surface area contributed by atoms with E-state index in [0.29, 0.717) is 5.11 Å². The maximum atomic E-state index is 5.30. The average Bonchev–Trinajstić information content (AvgIpc) is 2.49. The van der Waals surface area contributed by atoms with Gasteiger partial charge in [-0.3, -0.25) is 0 Å². The van der Waals surface area contributed by atoms with Crippen LogP contribution in [0.5, 0.6) is 0 Å². The fraction of sp³-hybridized carbons (Fsp3) is 0.125. The Hall–Kier alpha value is -1.85. The minimum atomic E-state index is 0.466. The van der Waals surface area contributed by atoms with Crippen molar-refractivity contribution in [3.8, 4) is 0 Å². The Balaban J connectivity index is 1.68. The summed E-state index contributed by atoms with van der Waals surface area (Å²) in [5.74, 6) is 0.912. The smallest absolute Gasteiger partial charge is 0.199 e. The van der Waals surface area contributed by atoms with Crippen molar-refractivity contribution in [2.24, 2.45) is 4.99 Å². The monoisotopic (exact) mass is 313 g/mol. The van der Waals surface area contributed by atoms with E-state index in [0.717, 1.165) is 22.3 Å². The molecule has 0 saturated heterocycles. The van der Waals surface area contributed by atoms with Crippen LogP contribution in [0, 0.1) is 6.92 Å². The Morgan fingerprint density at radius 2 is 1.95 bits per heavy atom. The van der Waals surface area contributed by atoms with Crippen LogP contribution in [0.15, 0.2) is 53.5 Å². The van der Waals surface area contributed by atoms with E-state index in [4.69, 9.17) is 12.2 Å². The highest BCUT2D eigenvalue weighted by atomic mass is 32.2. The molecule has 0 amide bonds. The number of hydrogen-bond acceptors (Lipinski definition) is 2. The summed E-state index contributed by atoms with van der Waals surface area (Å²) >= 11 is 6.95. The lowest BCUT2D eigenvalue weighted by atomic mass is 10.2. The molecule has 0 fully saturated rings. The van der Waals surface area contributed by atoms with Gasteiger partial charge >= 0.3 is 0 Å². The fourth-order valence-corrected chi connectivity index (χ4v) is 3.16. The van der Waals surface area contributed by atoms with Crippen molar-refractivity contribution in [1.82, 2.24) is 0 Å². The molecule has 0 bridgehead atoms. The van der Waals surface area contributed by atoms with Gasteiger partial charge in [0.2, 0.25) is 0 Å². The Bertz CT molecular complexity index is 693. The number of aliphatic imine (C=N–C) groups is 1. The summed E-state index contributed by atoms with van der Waals surface area (Å²) in [6, 6.07) is 16.3. The zero-order valence-electron chi connectivity index (χ0n) is 11.6.